The van der Waals surface area contributed by atoms with Crippen molar-refractivity contribution in [2.45, 2.75) is 23.8 Å². The molecule has 126 valence electrons. The molecule has 1 aromatic carbocycles. The van der Waals surface area contributed by atoms with Crippen molar-refractivity contribution in [3.63, 3.8) is 0 Å². The summed E-state index contributed by atoms with van der Waals surface area (Å²) in [6.45, 7) is 0. The molecule has 5 nitrogen and oxygen atoms in total. The van der Waals surface area contributed by atoms with Crippen LogP contribution in [0.15, 0.2) is 47.5 Å². The van der Waals surface area contributed by atoms with Crippen molar-refractivity contribution in [1.82, 2.24) is 9.88 Å². The maximum Gasteiger partial charge on any atom is 0.230 e. The number of carbonyl (C=O) groups excluding carboxylic acids is 2. The van der Waals surface area contributed by atoms with Crippen molar-refractivity contribution in [3.05, 3.63) is 42.6 Å². The third-order valence-electron chi connectivity index (χ3n) is 4.36. The second-order valence-corrected chi connectivity index (χ2v) is 7.05. The lowest BCUT2D eigenvalue weighted by Crippen LogP contribution is -2.46. The Kier molecular flexibility index (Phi) is 4.94. The van der Waals surface area contributed by atoms with E-state index < -0.39 is 0 Å². The standard InChI is InChI=1S/C18H21N3O2S/c1-21-10-16(13-7-3-5-9-15(13)21)24-11-17(22)20-14-8-4-2-6-12(14)18(19)23/h2-5,7,9-10,12,14H,6,8,11H2,1H3,(H2,19,23)(H,20,22)/t12-,14-/m1/s1. The highest BCUT2D eigenvalue weighted by Gasteiger charge is 2.28. The van der Waals surface area contributed by atoms with Crippen LogP contribution in [0.25, 0.3) is 10.9 Å². The number of allylic oxidation sites excluding steroid dienone is 1. The summed E-state index contributed by atoms with van der Waals surface area (Å²) in [7, 11) is 2.00. The molecular weight excluding hydrogens is 322 g/mol. The minimum Gasteiger partial charge on any atom is -0.369 e. The Balaban J connectivity index is 1.63. The molecule has 3 N–H and O–H groups in total. The van der Waals surface area contributed by atoms with Gasteiger partial charge >= 0.3 is 0 Å². The second-order valence-electron chi connectivity index (χ2n) is 6.04. The first-order valence-electron chi connectivity index (χ1n) is 7.97. The molecule has 0 radical (unpaired) electrons. The normalized spacial score (nSPS) is 20.2. The highest BCUT2D eigenvalue weighted by Crippen LogP contribution is 2.29. The quantitative estimate of drug-likeness (QED) is 0.645. The molecular formula is C18H21N3O2S. The minimum absolute atomic E-state index is 0.0699. The maximum atomic E-state index is 12.3. The Morgan fingerprint density at radius 2 is 2.04 bits per heavy atom. The molecule has 24 heavy (non-hydrogen) atoms. The van der Waals surface area contributed by atoms with Crippen LogP contribution < -0.4 is 11.1 Å². The maximum absolute atomic E-state index is 12.3. The molecule has 0 saturated carbocycles. The molecule has 0 bridgehead atoms. The summed E-state index contributed by atoms with van der Waals surface area (Å²) in [4.78, 5) is 24.9. The van der Waals surface area contributed by atoms with Gasteiger partial charge in [0, 0.05) is 35.1 Å². The van der Waals surface area contributed by atoms with Crippen molar-refractivity contribution in [2.24, 2.45) is 18.7 Å². The number of carbonyl (C=O) groups is 2. The first-order valence-corrected chi connectivity index (χ1v) is 8.95. The Hall–Kier alpha value is -2.21. The summed E-state index contributed by atoms with van der Waals surface area (Å²) in [6, 6.07) is 7.92. The number of fused-ring (bicyclic) bond motifs is 1. The number of thioether (sulfide) groups is 1. The van der Waals surface area contributed by atoms with Gasteiger partial charge in [0.2, 0.25) is 11.8 Å². The molecule has 2 aromatic rings. The highest BCUT2D eigenvalue weighted by molar-refractivity contribution is 8.00. The SMILES string of the molecule is Cn1cc(SCC(=O)N[C@@H]2CC=CC[C@H]2C(N)=O)c2ccccc21. The number of nitrogens with one attached hydrogen (secondary N) is 1. The van der Waals surface area contributed by atoms with E-state index >= 15 is 0 Å². The fourth-order valence-electron chi connectivity index (χ4n) is 3.10. The molecule has 0 saturated heterocycles. The molecule has 0 unspecified atom stereocenters. The number of amides is 2. The van der Waals surface area contributed by atoms with E-state index in [4.69, 9.17) is 5.73 Å². The van der Waals surface area contributed by atoms with Gasteiger partial charge < -0.3 is 15.6 Å². The molecule has 0 spiro atoms. The highest BCUT2D eigenvalue weighted by atomic mass is 32.2. The number of hydrogen-bond donors (Lipinski definition) is 2. The zero-order valence-electron chi connectivity index (χ0n) is 13.6. The summed E-state index contributed by atoms with van der Waals surface area (Å²) in [5.41, 5.74) is 6.58. The van der Waals surface area contributed by atoms with Crippen LogP contribution in [0.1, 0.15) is 12.8 Å². The summed E-state index contributed by atoms with van der Waals surface area (Å²) in [5.74, 6) is -0.424. The topological polar surface area (TPSA) is 77.1 Å². The van der Waals surface area contributed by atoms with Crippen molar-refractivity contribution >= 4 is 34.5 Å². The molecule has 0 fully saturated rings. The lowest BCUT2D eigenvalue weighted by Gasteiger charge is -2.26. The first kappa shape index (κ1) is 16.6. The van der Waals surface area contributed by atoms with Crippen LogP contribution in [0.5, 0.6) is 0 Å². The second kappa shape index (κ2) is 7.13. The van der Waals surface area contributed by atoms with Crippen LogP contribution in [0.2, 0.25) is 0 Å². The number of nitrogens with zero attached hydrogens (tertiary/aromatic N) is 1. The fourth-order valence-corrected chi connectivity index (χ4v) is 4.03. The zero-order chi connectivity index (χ0) is 17.1. The molecule has 1 aliphatic carbocycles. The van der Waals surface area contributed by atoms with E-state index in [2.05, 4.69) is 22.0 Å². The predicted octanol–water partition coefficient (Wildman–Crippen LogP) is 2.21. The van der Waals surface area contributed by atoms with Crippen molar-refractivity contribution in [2.75, 3.05) is 5.75 Å². The lowest BCUT2D eigenvalue weighted by molar-refractivity contribution is -0.124. The van der Waals surface area contributed by atoms with Gasteiger partial charge in [-0.05, 0) is 18.9 Å². The third kappa shape index (κ3) is 3.48. The average Bonchev–Trinajstić information content (AvgIpc) is 2.90. The molecule has 3 rings (SSSR count). The average molecular weight is 343 g/mol. The number of rotatable bonds is 5. The minimum atomic E-state index is -0.355. The summed E-state index contributed by atoms with van der Waals surface area (Å²) in [5, 5.41) is 4.10. The summed E-state index contributed by atoms with van der Waals surface area (Å²) >= 11 is 1.51. The number of para-hydroxylation sites is 1. The van der Waals surface area contributed by atoms with E-state index in [1.165, 1.54) is 11.8 Å². The number of primary amides is 1. The van der Waals surface area contributed by atoms with Crippen molar-refractivity contribution in [3.8, 4) is 0 Å². The molecule has 2 amide bonds. The first-order chi connectivity index (χ1) is 11.6. The molecule has 1 heterocycles. The van der Waals surface area contributed by atoms with Crippen LogP contribution >= 0.6 is 11.8 Å². The van der Waals surface area contributed by atoms with E-state index in [0.717, 1.165) is 15.8 Å². The lowest BCUT2D eigenvalue weighted by atomic mass is 9.88. The van der Waals surface area contributed by atoms with E-state index in [1.54, 1.807) is 0 Å². The van der Waals surface area contributed by atoms with Gasteiger partial charge in [-0.25, -0.2) is 0 Å². The Bertz CT molecular complexity index is 797. The number of benzene rings is 1. The monoisotopic (exact) mass is 343 g/mol. The Labute approximate surface area is 145 Å². The third-order valence-corrected chi connectivity index (χ3v) is 5.41. The van der Waals surface area contributed by atoms with Crippen LogP contribution in [-0.2, 0) is 16.6 Å². The zero-order valence-corrected chi connectivity index (χ0v) is 14.4. The van der Waals surface area contributed by atoms with Gasteiger partial charge in [-0.1, -0.05) is 30.4 Å². The van der Waals surface area contributed by atoms with Crippen LogP contribution in [0.4, 0.5) is 0 Å². The van der Waals surface area contributed by atoms with Crippen molar-refractivity contribution in [1.29, 1.82) is 0 Å². The van der Waals surface area contributed by atoms with Crippen LogP contribution in [0.3, 0.4) is 0 Å². The Morgan fingerprint density at radius 1 is 1.29 bits per heavy atom. The van der Waals surface area contributed by atoms with E-state index in [9.17, 15) is 9.59 Å². The molecule has 1 aromatic heterocycles. The number of nitrogens with two attached hydrogens (primary N) is 1. The van der Waals surface area contributed by atoms with Gasteiger partial charge in [0.15, 0.2) is 0 Å². The molecule has 0 aliphatic heterocycles. The molecule has 6 heteroatoms. The number of aryl methyl sites for hydroxylation is 1. The van der Waals surface area contributed by atoms with E-state index in [1.807, 2.05) is 37.5 Å². The van der Waals surface area contributed by atoms with Gasteiger partial charge in [-0.3, -0.25) is 9.59 Å². The number of aromatic nitrogens is 1. The number of hydrogen-bond acceptors (Lipinski definition) is 3. The van der Waals surface area contributed by atoms with Gasteiger partial charge in [-0.2, -0.15) is 0 Å². The summed E-state index contributed by atoms with van der Waals surface area (Å²) in [6.07, 6.45) is 7.22. The fraction of sp³-hybridized carbons (Fsp3) is 0.333. The van der Waals surface area contributed by atoms with E-state index in [0.29, 0.717) is 18.6 Å². The van der Waals surface area contributed by atoms with Crippen LogP contribution in [0, 0.1) is 5.92 Å². The van der Waals surface area contributed by atoms with Crippen molar-refractivity contribution < 1.29 is 9.59 Å². The van der Waals surface area contributed by atoms with Crippen LogP contribution in [-0.4, -0.2) is 28.2 Å². The molecule has 1 aliphatic rings. The smallest absolute Gasteiger partial charge is 0.230 e. The predicted molar refractivity (Wildman–Crippen MR) is 96.6 cm³/mol. The molecule has 2 atom stereocenters. The van der Waals surface area contributed by atoms with Gasteiger partial charge in [0.05, 0.1) is 11.7 Å². The largest absolute Gasteiger partial charge is 0.369 e. The van der Waals surface area contributed by atoms with Gasteiger partial charge in [0.1, 0.15) is 0 Å². The summed E-state index contributed by atoms with van der Waals surface area (Å²) < 4.78 is 2.06. The Morgan fingerprint density at radius 3 is 2.83 bits per heavy atom. The van der Waals surface area contributed by atoms with Gasteiger partial charge in [0.25, 0.3) is 0 Å². The van der Waals surface area contributed by atoms with E-state index in [-0.39, 0.29) is 23.8 Å². The van der Waals surface area contributed by atoms with Gasteiger partial charge in [-0.15, -0.1) is 11.8 Å².